The van der Waals surface area contributed by atoms with Crippen molar-refractivity contribution in [3.63, 3.8) is 0 Å². The highest BCUT2D eigenvalue weighted by Gasteiger charge is 2.33. The number of carboxylic acids is 1. The van der Waals surface area contributed by atoms with E-state index in [9.17, 15) is 18.0 Å². The molecule has 0 atom stereocenters. The zero-order valence-corrected chi connectivity index (χ0v) is 19.0. The van der Waals surface area contributed by atoms with E-state index in [4.69, 9.17) is 21.4 Å². The zero-order chi connectivity index (χ0) is 22.1. The maximum atomic E-state index is 12.9. The van der Waals surface area contributed by atoms with E-state index >= 15 is 0 Å². The number of carboxylic acid groups (broad SMARTS) is 1. The standard InChI is InChI=1S/C20H13Br2ClF3NO3/c21-13-6-10(2-4-18(28)29)7-14(22)19(13)30-9-11-1-3-16-12(5-11)15(23)8-17(27-16)20(24,25)26/h1,3,5-8H,2,4,9H2,(H,28,29). The molecule has 0 aliphatic heterocycles. The van der Waals surface area contributed by atoms with Crippen LogP contribution in [0.3, 0.4) is 0 Å². The van der Waals surface area contributed by atoms with Crippen molar-refractivity contribution in [2.24, 2.45) is 0 Å². The van der Waals surface area contributed by atoms with Crippen LogP contribution in [-0.4, -0.2) is 16.1 Å². The molecule has 4 nitrogen and oxygen atoms in total. The first-order valence-electron chi connectivity index (χ1n) is 8.53. The summed E-state index contributed by atoms with van der Waals surface area (Å²) >= 11 is 12.9. The van der Waals surface area contributed by atoms with E-state index in [2.05, 4.69) is 36.8 Å². The van der Waals surface area contributed by atoms with E-state index < -0.39 is 17.8 Å². The fraction of sp³-hybridized carbons (Fsp3) is 0.200. The van der Waals surface area contributed by atoms with Crippen LogP contribution in [0.25, 0.3) is 10.9 Å². The molecule has 0 aliphatic carbocycles. The van der Waals surface area contributed by atoms with E-state index in [0.29, 0.717) is 32.1 Å². The Hall–Kier alpha value is -1.84. The van der Waals surface area contributed by atoms with E-state index in [-0.39, 0.29) is 23.6 Å². The lowest BCUT2D eigenvalue weighted by Crippen LogP contribution is -2.08. The van der Waals surface area contributed by atoms with Gasteiger partial charge < -0.3 is 9.84 Å². The van der Waals surface area contributed by atoms with Crippen LogP contribution in [0.1, 0.15) is 23.2 Å². The number of rotatable bonds is 6. The molecule has 3 rings (SSSR count). The third kappa shape index (κ3) is 5.44. The van der Waals surface area contributed by atoms with Gasteiger partial charge in [0.1, 0.15) is 18.1 Å². The van der Waals surface area contributed by atoms with Crippen molar-refractivity contribution in [1.82, 2.24) is 4.98 Å². The van der Waals surface area contributed by atoms with Gasteiger partial charge in [-0.1, -0.05) is 17.7 Å². The second-order valence-electron chi connectivity index (χ2n) is 6.41. The Labute approximate surface area is 191 Å². The predicted octanol–water partition coefficient (Wildman–Crippen LogP) is 7.03. The lowest BCUT2D eigenvalue weighted by Gasteiger charge is -2.13. The van der Waals surface area contributed by atoms with Gasteiger partial charge in [-0.25, -0.2) is 4.98 Å². The van der Waals surface area contributed by atoms with Crippen molar-refractivity contribution < 1.29 is 27.8 Å². The second-order valence-corrected chi connectivity index (χ2v) is 8.53. The SMILES string of the molecule is O=C(O)CCc1cc(Br)c(OCc2ccc3nc(C(F)(F)F)cc(Cl)c3c2)c(Br)c1. The van der Waals surface area contributed by atoms with E-state index in [1.54, 1.807) is 24.3 Å². The molecule has 0 fully saturated rings. The summed E-state index contributed by atoms with van der Waals surface area (Å²) in [5.74, 6) is -0.361. The Morgan fingerprint density at radius 1 is 1.10 bits per heavy atom. The van der Waals surface area contributed by atoms with Crippen molar-refractivity contribution in [2.45, 2.75) is 25.6 Å². The molecule has 1 heterocycles. The minimum atomic E-state index is -4.57. The monoisotopic (exact) mass is 565 g/mol. The third-order valence-corrected chi connectivity index (χ3v) is 5.67. The summed E-state index contributed by atoms with van der Waals surface area (Å²) in [4.78, 5) is 14.4. The first-order valence-corrected chi connectivity index (χ1v) is 10.5. The van der Waals surface area contributed by atoms with Gasteiger partial charge in [0.05, 0.1) is 19.5 Å². The van der Waals surface area contributed by atoms with Crippen LogP contribution in [0.15, 0.2) is 45.3 Å². The van der Waals surface area contributed by atoms with E-state index in [0.717, 1.165) is 11.6 Å². The van der Waals surface area contributed by atoms with Crippen LogP contribution in [-0.2, 0) is 24.0 Å². The van der Waals surface area contributed by atoms with Crippen molar-refractivity contribution >= 4 is 60.3 Å². The molecule has 1 N–H and O–H groups in total. The Morgan fingerprint density at radius 2 is 1.77 bits per heavy atom. The molecule has 0 unspecified atom stereocenters. The summed E-state index contributed by atoms with van der Waals surface area (Å²) in [6, 6.07) is 9.08. The zero-order valence-electron chi connectivity index (χ0n) is 15.1. The topological polar surface area (TPSA) is 59.4 Å². The smallest absolute Gasteiger partial charge is 0.433 e. The fourth-order valence-corrected chi connectivity index (χ4v) is 4.53. The van der Waals surface area contributed by atoms with Crippen molar-refractivity contribution in [1.29, 1.82) is 0 Å². The number of benzene rings is 2. The number of alkyl halides is 3. The van der Waals surface area contributed by atoms with Gasteiger partial charge in [-0.15, -0.1) is 0 Å². The van der Waals surface area contributed by atoms with Gasteiger partial charge in [-0.3, -0.25) is 4.79 Å². The molecule has 3 aromatic rings. The molecule has 0 aliphatic rings. The second kappa shape index (κ2) is 9.11. The van der Waals surface area contributed by atoms with Crippen LogP contribution in [0.5, 0.6) is 5.75 Å². The van der Waals surface area contributed by atoms with Gasteiger partial charge >= 0.3 is 12.1 Å². The molecule has 158 valence electrons. The predicted molar refractivity (Wildman–Crippen MR) is 114 cm³/mol. The van der Waals surface area contributed by atoms with E-state index in [1.807, 2.05) is 0 Å². The van der Waals surface area contributed by atoms with Crippen molar-refractivity contribution in [3.05, 3.63) is 67.2 Å². The molecule has 0 radical (unpaired) electrons. The molecular weight excluding hydrogens is 554 g/mol. The molecule has 2 aromatic carbocycles. The quantitative estimate of drug-likeness (QED) is 0.348. The highest BCUT2D eigenvalue weighted by Crippen LogP contribution is 2.36. The number of hydrogen-bond donors (Lipinski definition) is 1. The summed E-state index contributed by atoms with van der Waals surface area (Å²) in [5, 5.41) is 9.16. The van der Waals surface area contributed by atoms with Gasteiger partial charge in [0, 0.05) is 11.8 Å². The number of aliphatic carboxylic acids is 1. The number of pyridine rings is 1. The number of aromatic nitrogens is 1. The Kier molecular flexibility index (Phi) is 6.94. The number of hydrogen-bond acceptors (Lipinski definition) is 3. The van der Waals surface area contributed by atoms with Crippen LogP contribution < -0.4 is 4.74 Å². The van der Waals surface area contributed by atoms with Gasteiger partial charge in [0.25, 0.3) is 0 Å². The van der Waals surface area contributed by atoms with Gasteiger partial charge in [0.15, 0.2) is 0 Å². The summed E-state index contributed by atoms with van der Waals surface area (Å²) in [6.45, 7) is 0.138. The highest BCUT2D eigenvalue weighted by molar-refractivity contribution is 9.11. The first-order chi connectivity index (χ1) is 14.0. The normalized spacial score (nSPS) is 11.7. The Morgan fingerprint density at radius 3 is 2.37 bits per heavy atom. The molecule has 0 saturated carbocycles. The average molecular weight is 568 g/mol. The number of halogens is 6. The molecule has 0 saturated heterocycles. The summed E-state index contributed by atoms with van der Waals surface area (Å²) in [6.07, 6.45) is -4.18. The molecule has 1 aromatic heterocycles. The molecule has 10 heteroatoms. The average Bonchev–Trinajstić information content (AvgIpc) is 2.65. The van der Waals surface area contributed by atoms with Gasteiger partial charge in [-0.05, 0) is 79.7 Å². The largest absolute Gasteiger partial charge is 0.487 e. The minimum Gasteiger partial charge on any atom is -0.487 e. The van der Waals surface area contributed by atoms with Crippen LogP contribution in [0.4, 0.5) is 13.2 Å². The van der Waals surface area contributed by atoms with Gasteiger partial charge in [-0.2, -0.15) is 13.2 Å². The summed E-state index contributed by atoms with van der Waals surface area (Å²) in [5.41, 5.74) is 0.621. The highest BCUT2D eigenvalue weighted by atomic mass is 79.9. The number of nitrogens with zero attached hydrogens (tertiary/aromatic N) is 1. The summed E-state index contributed by atoms with van der Waals surface area (Å²) in [7, 11) is 0. The molecule has 0 spiro atoms. The lowest BCUT2D eigenvalue weighted by molar-refractivity contribution is -0.141. The Bertz CT molecular complexity index is 1100. The fourth-order valence-electron chi connectivity index (χ4n) is 2.77. The summed E-state index contributed by atoms with van der Waals surface area (Å²) < 4.78 is 45.8. The maximum absolute atomic E-state index is 12.9. The van der Waals surface area contributed by atoms with Crippen molar-refractivity contribution in [2.75, 3.05) is 0 Å². The van der Waals surface area contributed by atoms with Gasteiger partial charge in [0.2, 0.25) is 0 Å². The van der Waals surface area contributed by atoms with Crippen LogP contribution in [0.2, 0.25) is 5.02 Å². The van der Waals surface area contributed by atoms with Crippen molar-refractivity contribution in [3.8, 4) is 5.75 Å². The lowest BCUT2D eigenvalue weighted by atomic mass is 10.1. The minimum absolute atomic E-state index is 0.0149. The molecule has 0 amide bonds. The number of ether oxygens (including phenoxy) is 1. The first kappa shape index (κ1) is 22.8. The third-order valence-electron chi connectivity index (χ3n) is 4.18. The molecular formula is C20H13Br2ClF3NO3. The molecule has 0 bridgehead atoms. The maximum Gasteiger partial charge on any atom is 0.433 e. The van der Waals surface area contributed by atoms with Crippen LogP contribution >= 0.6 is 43.5 Å². The number of carbonyl (C=O) groups is 1. The van der Waals surface area contributed by atoms with E-state index in [1.165, 1.54) is 6.07 Å². The Balaban J connectivity index is 1.80. The number of fused-ring (bicyclic) bond motifs is 1. The molecule has 30 heavy (non-hydrogen) atoms. The van der Waals surface area contributed by atoms with Crippen LogP contribution in [0, 0.1) is 0 Å². The number of aryl methyl sites for hydroxylation is 1.